The van der Waals surface area contributed by atoms with E-state index in [-0.39, 0.29) is 11.0 Å². The van der Waals surface area contributed by atoms with Gasteiger partial charge < -0.3 is 9.67 Å². The molecule has 0 saturated heterocycles. The summed E-state index contributed by atoms with van der Waals surface area (Å²) in [5, 5.41) is 8.70. The molecule has 1 heterocycles. The van der Waals surface area contributed by atoms with Crippen LogP contribution in [0.1, 0.15) is 10.6 Å². The number of halogens is 2. The van der Waals surface area contributed by atoms with Crippen LogP contribution in [0.4, 0.5) is 0 Å². The quantitative estimate of drug-likeness (QED) is 0.809. The first kappa shape index (κ1) is 8.55. The van der Waals surface area contributed by atoms with Gasteiger partial charge in [-0.25, -0.2) is 9.78 Å². The largest absolute Gasteiger partial charge is 0.475 e. The van der Waals surface area contributed by atoms with Gasteiger partial charge in [0.1, 0.15) is 4.60 Å². The highest BCUT2D eigenvalue weighted by molar-refractivity contribution is 9.10. The number of carbonyl (C=O) groups is 1. The topological polar surface area (TPSA) is 55.1 Å². The maximum atomic E-state index is 10.4. The summed E-state index contributed by atoms with van der Waals surface area (Å²) in [4.78, 5) is 14.0. The van der Waals surface area contributed by atoms with Gasteiger partial charge in [0, 0.05) is 7.05 Å². The predicted molar refractivity (Wildman–Crippen MR) is 42.9 cm³/mol. The van der Waals surface area contributed by atoms with Crippen molar-refractivity contribution in [3.63, 3.8) is 0 Å². The van der Waals surface area contributed by atoms with E-state index < -0.39 is 5.97 Å². The van der Waals surface area contributed by atoms with Crippen LogP contribution in [-0.4, -0.2) is 20.6 Å². The van der Waals surface area contributed by atoms with Gasteiger partial charge >= 0.3 is 5.97 Å². The summed E-state index contributed by atoms with van der Waals surface area (Å²) in [6.45, 7) is 0. The van der Waals surface area contributed by atoms with Gasteiger partial charge in [-0.3, -0.25) is 0 Å². The van der Waals surface area contributed by atoms with E-state index in [0.717, 1.165) is 0 Å². The second-order valence-electron chi connectivity index (χ2n) is 1.88. The minimum Gasteiger partial charge on any atom is -0.475 e. The first-order chi connectivity index (χ1) is 5.04. The van der Waals surface area contributed by atoms with Gasteiger partial charge in [-0.15, -0.1) is 0 Å². The van der Waals surface area contributed by atoms with Crippen LogP contribution >= 0.6 is 27.5 Å². The van der Waals surface area contributed by atoms with Crippen molar-refractivity contribution in [2.75, 3.05) is 0 Å². The molecule has 1 N–H and O–H groups in total. The Hall–Kier alpha value is -0.550. The lowest BCUT2D eigenvalue weighted by atomic mass is 10.6. The van der Waals surface area contributed by atoms with Crippen LogP contribution in [0.3, 0.4) is 0 Å². The summed E-state index contributed by atoms with van der Waals surface area (Å²) < 4.78 is 1.82. The van der Waals surface area contributed by atoms with Crippen LogP contribution in [0.25, 0.3) is 0 Å². The minimum atomic E-state index is -1.10. The standard InChI is InChI=1S/C5H4BrClN2O2/c1-9-2(6)3(7)8-4(9)5(10)11/h1H3,(H,10,11). The number of imidazole rings is 1. The average molecular weight is 239 g/mol. The average Bonchev–Trinajstić information content (AvgIpc) is 2.17. The van der Waals surface area contributed by atoms with Crippen LogP contribution in [0, 0.1) is 0 Å². The molecule has 0 unspecified atom stereocenters. The van der Waals surface area contributed by atoms with Crippen molar-refractivity contribution in [3.05, 3.63) is 15.6 Å². The van der Waals surface area contributed by atoms with Crippen LogP contribution in [0.15, 0.2) is 4.60 Å². The first-order valence-electron chi connectivity index (χ1n) is 2.65. The van der Waals surface area contributed by atoms with E-state index in [9.17, 15) is 4.79 Å². The molecule has 11 heavy (non-hydrogen) atoms. The molecule has 6 heteroatoms. The number of aromatic nitrogens is 2. The Bertz CT molecular complexity index is 310. The Morgan fingerprint density at radius 3 is 2.55 bits per heavy atom. The fourth-order valence-electron chi connectivity index (χ4n) is 0.637. The van der Waals surface area contributed by atoms with Gasteiger partial charge in [-0.05, 0) is 15.9 Å². The van der Waals surface area contributed by atoms with Crippen molar-refractivity contribution in [2.45, 2.75) is 0 Å². The summed E-state index contributed by atoms with van der Waals surface area (Å²) in [6.07, 6.45) is 0. The molecule has 0 aliphatic heterocycles. The molecule has 0 atom stereocenters. The van der Waals surface area contributed by atoms with Gasteiger partial charge in [0.05, 0.1) is 0 Å². The summed E-state index contributed by atoms with van der Waals surface area (Å²) >= 11 is 8.61. The van der Waals surface area contributed by atoms with Gasteiger partial charge in [0.25, 0.3) is 0 Å². The molecule has 4 nitrogen and oxygen atoms in total. The fraction of sp³-hybridized carbons (Fsp3) is 0.200. The van der Waals surface area contributed by atoms with E-state index >= 15 is 0 Å². The molecule has 0 fully saturated rings. The second-order valence-corrected chi connectivity index (χ2v) is 2.99. The van der Waals surface area contributed by atoms with Crippen LogP contribution in [0.2, 0.25) is 5.15 Å². The minimum absolute atomic E-state index is 0.0816. The maximum absolute atomic E-state index is 10.4. The monoisotopic (exact) mass is 238 g/mol. The lowest BCUT2D eigenvalue weighted by Crippen LogP contribution is -2.05. The number of aromatic carboxylic acids is 1. The summed E-state index contributed by atoms with van der Waals surface area (Å²) in [5.41, 5.74) is 0. The third-order valence-corrected chi connectivity index (χ3v) is 2.58. The number of carboxylic acid groups (broad SMARTS) is 1. The third kappa shape index (κ3) is 1.39. The lowest BCUT2D eigenvalue weighted by molar-refractivity contribution is 0.0679. The molecule has 0 aliphatic rings. The normalized spacial score (nSPS) is 10.1. The molecule has 0 saturated carbocycles. The Balaban J connectivity index is 3.29. The molecular weight excluding hydrogens is 235 g/mol. The van der Waals surface area contributed by atoms with Crippen molar-refractivity contribution in [2.24, 2.45) is 7.05 Å². The van der Waals surface area contributed by atoms with Gasteiger partial charge in [0.15, 0.2) is 5.15 Å². The van der Waals surface area contributed by atoms with Crippen molar-refractivity contribution < 1.29 is 9.90 Å². The SMILES string of the molecule is Cn1c(C(=O)O)nc(Cl)c1Br. The first-order valence-corrected chi connectivity index (χ1v) is 3.82. The van der Waals surface area contributed by atoms with Crippen molar-refractivity contribution in [1.29, 1.82) is 0 Å². The van der Waals surface area contributed by atoms with Gasteiger partial charge in [-0.2, -0.15) is 0 Å². The van der Waals surface area contributed by atoms with Crippen LogP contribution < -0.4 is 0 Å². The molecule has 0 aliphatic carbocycles. The molecular formula is C5H4BrClN2O2. The zero-order valence-corrected chi connectivity index (χ0v) is 7.85. The Kier molecular flexibility index (Phi) is 2.20. The van der Waals surface area contributed by atoms with Crippen molar-refractivity contribution >= 4 is 33.5 Å². The Morgan fingerprint density at radius 1 is 1.82 bits per heavy atom. The maximum Gasteiger partial charge on any atom is 0.372 e. The molecule has 1 aromatic heterocycles. The second kappa shape index (κ2) is 2.83. The van der Waals surface area contributed by atoms with Gasteiger partial charge in [0.2, 0.25) is 5.82 Å². The number of rotatable bonds is 1. The van der Waals surface area contributed by atoms with E-state index in [0.29, 0.717) is 4.60 Å². The summed E-state index contributed by atoms with van der Waals surface area (Å²) in [5.74, 6) is -1.18. The molecule has 0 aromatic carbocycles. The Morgan fingerprint density at radius 2 is 2.36 bits per heavy atom. The molecule has 1 rings (SSSR count). The van der Waals surface area contributed by atoms with E-state index in [1.165, 1.54) is 4.57 Å². The molecule has 0 radical (unpaired) electrons. The number of hydrogen-bond donors (Lipinski definition) is 1. The van der Waals surface area contributed by atoms with E-state index in [1.807, 2.05) is 0 Å². The van der Waals surface area contributed by atoms with E-state index in [1.54, 1.807) is 7.05 Å². The highest BCUT2D eigenvalue weighted by Gasteiger charge is 2.15. The third-order valence-electron chi connectivity index (χ3n) is 1.18. The zero-order chi connectivity index (χ0) is 8.59. The molecule has 0 bridgehead atoms. The van der Waals surface area contributed by atoms with Crippen LogP contribution in [0.5, 0.6) is 0 Å². The van der Waals surface area contributed by atoms with E-state index in [2.05, 4.69) is 20.9 Å². The van der Waals surface area contributed by atoms with Crippen molar-refractivity contribution in [3.8, 4) is 0 Å². The number of carboxylic acids is 1. The molecule has 0 amide bonds. The Labute approximate surface area is 75.9 Å². The number of hydrogen-bond acceptors (Lipinski definition) is 2. The molecule has 60 valence electrons. The molecule has 1 aromatic rings. The lowest BCUT2D eigenvalue weighted by Gasteiger charge is -1.94. The summed E-state index contributed by atoms with van der Waals surface area (Å²) in [7, 11) is 1.56. The van der Waals surface area contributed by atoms with Crippen LogP contribution in [-0.2, 0) is 7.05 Å². The predicted octanol–water partition coefficient (Wildman–Crippen LogP) is 1.53. The van der Waals surface area contributed by atoms with E-state index in [4.69, 9.17) is 16.7 Å². The van der Waals surface area contributed by atoms with Gasteiger partial charge in [-0.1, -0.05) is 11.6 Å². The zero-order valence-electron chi connectivity index (χ0n) is 5.51. The van der Waals surface area contributed by atoms with Crippen molar-refractivity contribution in [1.82, 2.24) is 9.55 Å². The fourth-order valence-corrected chi connectivity index (χ4v) is 1.10. The number of nitrogens with zero attached hydrogens (tertiary/aromatic N) is 2. The highest BCUT2D eigenvalue weighted by Crippen LogP contribution is 2.21. The summed E-state index contributed by atoms with van der Waals surface area (Å²) in [6, 6.07) is 0. The highest BCUT2D eigenvalue weighted by atomic mass is 79.9. The molecule has 0 spiro atoms. The smallest absolute Gasteiger partial charge is 0.372 e.